The first kappa shape index (κ1) is 17.7. The minimum absolute atomic E-state index is 0.627. The van der Waals surface area contributed by atoms with Crippen molar-refractivity contribution >= 4 is 40.1 Å². The Morgan fingerprint density at radius 1 is 1.30 bits per heavy atom. The highest BCUT2D eigenvalue weighted by Crippen LogP contribution is 2.26. The summed E-state index contributed by atoms with van der Waals surface area (Å²) < 4.78 is 6.52. The lowest BCUT2D eigenvalue weighted by Crippen LogP contribution is -2.24. The Morgan fingerprint density at radius 3 is 2.60 bits per heavy atom. The first-order valence-corrected chi connectivity index (χ1v) is 9.23. The number of ether oxygens (including phenoxy) is 1. The van der Waals surface area contributed by atoms with Gasteiger partial charge in [-0.25, -0.2) is 0 Å². The van der Waals surface area contributed by atoms with E-state index >= 15 is 0 Å². The third-order valence-electron chi connectivity index (χ3n) is 2.65. The minimum Gasteiger partial charge on any atom is -0.492 e. The molecule has 0 aliphatic rings. The van der Waals surface area contributed by atoms with Gasteiger partial charge in [0.05, 0.1) is 6.54 Å². The van der Waals surface area contributed by atoms with Crippen LogP contribution in [0.15, 0.2) is 29.2 Å². The predicted octanol–water partition coefficient (Wildman–Crippen LogP) is 4.58. The smallest absolute Gasteiger partial charge is 0.133 e. The monoisotopic (exact) mass is 329 g/mol. The Balaban J connectivity index is 2.26. The molecule has 1 unspecified atom stereocenters. The van der Waals surface area contributed by atoms with Crippen LogP contribution in [0.4, 0.5) is 0 Å². The quantitative estimate of drug-likeness (QED) is 0.427. The number of thioether (sulfide) groups is 2. The van der Waals surface area contributed by atoms with Crippen LogP contribution in [0.25, 0.3) is 0 Å². The maximum Gasteiger partial charge on any atom is 0.133 e. The number of thiocarbonyl (C=S) groups is 1. The van der Waals surface area contributed by atoms with Crippen LogP contribution in [0.5, 0.6) is 5.75 Å². The normalized spacial score (nSPS) is 11.9. The average Bonchev–Trinajstić information content (AvgIpc) is 2.45. The topological polar surface area (TPSA) is 21.3 Å². The molecule has 5 heteroatoms. The lowest BCUT2D eigenvalue weighted by atomic mass is 10.3. The van der Waals surface area contributed by atoms with Crippen molar-refractivity contribution in [1.29, 1.82) is 0 Å². The van der Waals surface area contributed by atoms with Gasteiger partial charge >= 0.3 is 0 Å². The summed E-state index contributed by atoms with van der Waals surface area (Å²) >= 11 is 8.70. The van der Waals surface area contributed by atoms with Gasteiger partial charge in [0, 0.05) is 10.1 Å². The van der Waals surface area contributed by atoms with Gasteiger partial charge in [-0.3, -0.25) is 0 Å². The molecule has 20 heavy (non-hydrogen) atoms. The molecule has 0 aliphatic carbocycles. The Morgan fingerprint density at radius 2 is 2.00 bits per heavy atom. The summed E-state index contributed by atoms with van der Waals surface area (Å²) in [5, 5.41) is 3.82. The Bertz CT molecular complexity index is 395. The zero-order valence-electron chi connectivity index (χ0n) is 12.3. The molecular weight excluding hydrogens is 306 g/mol. The van der Waals surface area contributed by atoms with Gasteiger partial charge in [0.25, 0.3) is 0 Å². The van der Waals surface area contributed by atoms with Gasteiger partial charge < -0.3 is 10.1 Å². The maximum atomic E-state index is 5.68. The van der Waals surface area contributed by atoms with Crippen LogP contribution < -0.4 is 10.1 Å². The molecule has 1 rings (SSSR count). The fraction of sp³-hybridized carbons (Fsp3) is 0.533. The molecule has 0 radical (unpaired) electrons. The van der Waals surface area contributed by atoms with Crippen LogP contribution in [0, 0.1) is 0 Å². The zero-order chi connectivity index (χ0) is 14.8. The summed E-state index contributed by atoms with van der Waals surface area (Å²) in [6.07, 6.45) is 1.18. The molecule has 0 fully saturated rings. The molecule has 0 bridgehead atoms. The van der Waals surface area contributed by atoms with Crippen molar-refractivity contribution < 1.29 is 4.74 Å². The number of rotatable bonds is 8. The van der Waals surface area contributed by atoms with Gasteiger partial charge in [-0.05, 0) is 36.4 Å². The van der Waals surface area contributed by atoms with Crippen LogP contribution >= 0.6 is 35.7 Å². The van der Waals surface area contributed by atoms with Crippen molar-refractivity contribution in [2.24, 2.45) is 0 Å². The summed E-state index contributed by atoms with van der Waals surface area (Å²) in [6.45, 7) is 7.92. The number of nitrogens with one attached hydrogen (secondary N) is 1. The van der Waals surface area contributed by atoms with Crippen LogP contribution in [0.2, 0.25) is 0 Å². The van der Waals surface area contributed by atoms with Gasteiger partial charge in [0.2, 0.25) is 0 Å². The standard InChI is InChI=1S/C15H23NOS3/c1-4-12(3)20-14-8-6-13(7-9-14)17-11-10-16-15(18)19-5-2/h6-9,12H,4-5,10-11H2,1-3H3,(H,16,18). The van der Waals surface area contributed by atoms with E-state index in [1.807, 2.05) is 23.9 Å². The summed E-state index contributed by atoms with van der Waals surface area (Å²) in [6, 6.07) is 8.31. The van der Waals surface area contributed by atoms with Crippen LogP contribution in [-0.2, 0) is 0 Å². The molecule has 2 nitrogen and oxygen atoms in total. The van der Waals surface area contributed by atoms with Gasteiger partial charge in [-0.15, -0.1) is 11.8 Å². The second-order valence-corrected chi connectivity index (χ2v) is 7.76. The molecule has 0 saturated carbocycles. The van der Waals surface area contributed by atoms with Crippen LogP contribution in [0.3, 0.4) is 0 Å². The number of benzene rings is 1. The highest BCUT2D eigenvalue weighted by atomic mass is 32.2. The van der Waals surface area contributed by atoms with Gasteiger partial charge in [0.15, 0.2) is 0 Å². The van der Waals surface area contributed by atoms with Crippen molar-refractivity contribution in [3.63, 3.8) is 0 Å². The van der Waals surface area contributed by atoms with Crippen LogP contribution in [0.1, 0.15) is 27.2 Å². The van der Waals surface area contributed by atoms with Gasteiger partial charge in [-0.2, -0.15) is 0 Å². The van der Waals surface area contributed by atoms with E-state index in [1.54, 1.807) is 11.8 Å². The molecule has 1 N–H and O–H groups in total. The predicted molar refractivity (Wildman–Crippen MR) is 96.3 cm³/mol. The molecular formula is C15H23NOS3. The van der Waals surface area contributed by atoms with E-state index in [4.69, 9.17) is 17.0 Å². The maximum absolute atomic E-state index is 5.68. The van der Waals surface area contributed by atoms with E-state index in [9.17, 15) is 0 Å². The lowest BCUT2D eigenvalue weighted by molar-refractivity contribution is 0.323. The third-order valence-corrected chi connectivity index (χ3v) is 5.12. The van der Waals surface area contributed by atoms with Crippen molar-refractivity contribution in [1.82, 2.24) is 5.32 Å². The molecule has 1 aromatic rings. The van der Waals surface area contributed by atoms with E-state index < -0.39 is 0 Å². The van der Waals surface area contributed by atoms with E-state index in [2.05, 4.69) is 38.2 Å². The molecule has 0 heterocycles. The molecule has 0 spiro atoms. The number of hydrogen-bond acceptors (Lipinski definition) is 4. The first-order chi connectivity index (χ1) is 9.65. The second-order valence-electron chi connectivity index (χ2n) is 4.30. The average molecular weight is 330 g/mol. The van der Waals surface area contributed by atoms with Crippen molar-refractivity contribution in [2.45, 2.75) is 37.3 Å². The SMILES string of the molecule is CCSC(=S)NCCOc1ccc(SC(C)CC)cc1. The minimum atomic E-state index is 0.627. The third kappa shape index (κ3) is 7.41. The summed E-state index contributed by atoms with van der Waals surface area (Å²) in [4.78, 5) is 1.30. The van der Waals surface area contributed by atoms with E-state index in [0.29, 0.717) is 11.9 Å². The van der Waals surface area contributed by atoms with Gasteiger partial charge in [0.1, 0.15) is 16.7 Å². The molecule has 0 amide bonds. The fourth-order valence-electron chi connectivity index (χ4n) is 1.43. The largest absolute Gasteiger partial charge is 0.492 e. The van der Waals surface area contributed by atoms with Crippen molar-refractivity contribution in [2.75, 3.05) is 18.9 Å². The van der Waals surface area contributed by atoms with Crippen LogP contribution in [-0.4, -0.2) is 28.5 Å². The zero-order valence-corrected chi connectivity index (χ0v) is 14.8. The van der Waals surface area contributed by atoms with Crippen molar-refractivity contribution in [3.8, 4) is 5.75 Å². The molecule has 1 atom stereocenters. The molecule has 0 aromatic heterocycles. The molecule has 0 saturated heterocycles. The molecule has 112 valence electrons. The highest BCUT2D eigenvalue weighted by Gasteiger charge is 2.02. The van der Waals surface area contributed by atoms with Crippen molar-refractivity contribution in [3.05, 3.63) is 24.3 Å². The Kier molecular flexibility index (Phi) is 9.14. The summed E-state index contributed by atoms with van der Waals surface area (Å²) in [7, 11) is 0. The number of hydrogen-bond donors (Lipinski definition) is 1. The molecule has 1 aromatic carbocycles. The lowest BCUT2D eigenvalue weighted by Gasteiger charge is -2.10. The summed E-state index contributed by atoms with van der Waals surface area (Å²) in [5.74, 6) is 1.91. The Labute approximate surface area is 136 Å². The Hall–Kier alpha value is -0.390. The summed E-state index contributed by atoms with van der Waals surface area (Å²) in [5.41, 5.74) is 0. The molecule has 0 aliphatic heterocycles. The second kappa shape index (κ2) is 10.4. The fourth-order valence-corrected chi connectivity index (χ4v) is 3.28. The first-order valence-electron chi connectivity index (χ1n) is 6.95. The van der Waals surface area contributed by atoms with E-state index in [1.165, 1.54) is 11.3 Å². The van der Waals surface area contributed by atoms with E-state index in [-0.39, 0.29) is 0 Å². The van der Waals surface area contributed by atoms with E-state index in [0.717, 1.165) is 22.4 Å². The highest BCUT2D eigenvalue weighted by molar-refractivity contribution is 8.22. The van der Waals surface area contributed by atoms with Gasteiger partial charge in [-0.1, -0.05) is 44.8 Å².